The summed E-state index contributed by atoms with van der Waals surface area (Å²) in [5, 5.41) is 13.2. The number of ether oxygens (including phenoxy) is 1. The standard InChI is InChI=1S/C24H14BrFIN3O5S/c25-17-10-14(11-19(27)21(17)35-12-13-4-3-5-15(8-13)30(33)34)9-16-22(31)28-24(36)29(23(16)32)20-7-2-1-6-18(20)26/h1-11H,12H2,(H,28,31,36)/b16-9+. The lowest BCUT2D eigenvalue weighted by molar-refractivity contribution is -0.384. The summed E-state index contributed by atoms with van der Waals surface area (Å²) < 4.78 is 21.4. The maximum absolute atomic E-state index is 14.3. The Hall–Kier alpha value is -3.23. The van der Waals surface area contributed by atoms with Crippen LogP contribution in [0, 0.1) is 19.5 Å². The molecule has 0 unspecified atom stereocenters. The molecule has 1 aliphatic heterocycles. The number of benzene rings is 3. The number of nitro benzene ring substituents is 1. The molecular formula is C24H14BrFIN3O5S. The molecule has 1 N–H and O–H groups in total. The number of thiocarbonyl (C=S) groups is 1. The van der Waals surface area contributed by atoms with Gasteiger partial charge >= 0.3 is 0 Å². The topological polar surface area (TPSA) is 102 Å². The first-order chi connectivity index (χ1) is 17.2. The second kappa shape index (κ2) is 10.8. The summed E-state index contributed by atoms with van der Waals surface area (Å²) in [6.07, 6.45) is 1.38. The van der Waals surface area contributed by atoms with Gasteiger partial charge in [0.05, 0.1) is 18.7 Å². The highest BCUT2D eigenvalue weighted by Gasteiger charge is 2.35. The van der Waals surface area contributed by atoms with Crippen molar-refractivity contribution in [3.8, 4) is 5.75 Å². The molecule has 1 fully saturated rings. The Morgan fingerprint density at radius 3 is 2.61 bits per heavy atom. The van der Waals surface area contributed by atoms with Gasteiger partial charge in [0.1, 0.15) is 23.7 Å². The van der Waals surface area contributed by atoms with Gasteiger partial charge in [-0.2, -0.15) is 0 Å². The smallest absolute Gasteiger partial charge is 0.270 e. The van der Waals surface area contributed by atoms with Crippen LogP contribution in [0.2, 0.25) is 0 Å². The van der Waals surface area contributed by atoms with Crippen LogP contribution in [-0.2, 0) is 16.2 Å². The van der Waals surface area contributed by atoms with Crippen LogP contribution in [-0.4, -0.2) is 21.9 Å². The fraction of sp³-hybridized carbons (Fsp3) is 0.0417. The highest BCUT2D eigenvalue weighted by atomic mass is 127. The Balaban J connectivity index is 1.60. The average Bonchev–Trinajstić information content (AvgIpc) is 2.82. The van der Waals surface area contributed by atoms with Crippen LogP contribution in [0.15, 0.2) is 70.7 Å². The van der Waals surface area contributed by atoms with E-state index in [2.05, 4.69) is 21.2 Å². The van der Waals surface area contributed by atoms with Crippen LogP contribution in [0.1, 0.15) is 11.1 Å². The molecule has 2 amide bonds. The van der Waals surface area contributed by atoms with Crippen molar-refractivity contribution >= 4 is 85.1 Å². The lowest BCUT2D eigenvalue weighted by atomic mass is 10.1. The minimum atomic E-state index is -0.758. The molecule has 4 rings (SSSR count). The van der Waals surface area contributed by atoms with Gasteiger partial charge < -0.3 is 4.74 Å². The van der Waals surface area contributed by atoms with E-state index < -0.39 is 22.6 Å². The minimum absolute atomic E-state index is 0.0360. The zero-order valence-electron chi connectivity index (χ0n) is 18.0. The van der Waals surface area contributed by atoms with Gasteiger partial charge in [-0.25, -0.2) is 9.29 Å². The van der Waals surface area contributed by atoms with Gasteiger partial charge in [-0.15, -0.1) is 0 Å². The number of carbonyl (C=O) groups is 2. The molecule has 36 heavy (non-hydrogen) atoms. The van der Waals surface area contributed by atoms with E-state index in [9.17, 15) is 24.1 Å². The molecule has 0 aliphatic carbocycles. The van der Waals surface area contributed by atoms with Crippen molar-refractivity contribution in [3.05, 3.63) is 101 Å². The van der Waals surface area contributed by atoms with Gasteiger partial charge in [0, 0.05) is 12.1 Å². The molecule has 0 atom stereocenters. The van der Waals surface area contributed by atoms with E-state index in [1.807, 2.05) is 22.6 Å². The molecular weight excluding hydrogens is 668 g/mol. The summed E-state index contributed by atoms with van der Waals surface area (Å²) in [5.74, 6) is -1.63. The summed E-state index contributed by atoms with van der Waals surface area (Å²) in [6.45, 7) is 0.0899. The fourth-order valence-electron chi connectivity index (χ4n) is 3.39. The van der Waals surface area contributed by atoms with Gasteiger partial charge in [0.2, 0.25) is 0 Å². The van der Waals surface area contributed by atoms with Crippen LogP contribution >= 0.6 is 50.7 Å². The van der Waals surface area contributed by atoms with E-state index in [-0.39, 0.29) is 28.7 Å². The van der Waals surface area contributed by atoms with Crippen molar-refractivity contribution in [1.29, 1.82) is 0 Å². The number of nitrogens with one attached hydrogen (secondary N) is 1. The summed E-state index contributed by atoms with van der Waals surface area (Å²) in [6, 6.07) is 15.1. The van der Waals surface area contributed by atoms with Crippen LogP contribution in [0.25, 0.3) is 6.08 Å². The van der Waals surface area contributed by atoms with Crippen molar-refractivity contribution in [1.82, 2.24) is 5.32 Å². The monoisotopic (exact) mass is 681 g/mol. The van der Waals surface area contributed by atoms with Crippen molar-refractivity contribution < 1.29 is 23.6 Å². The summed E-state index contributed by atoms with van der Waals surface area (Å²) >= 11 is 10.6. The first kappa shape index (κ1) is 25.9. The number of nitrogens with zero attached hydrogens (tertiary/aromatic N) is 2. The van der Waals surface area contributed by atoms with Crippen molar-refractivity contribution in [2.45, 2.75) is 6.61 Å². The van der Waals surface area contributed by atoms with E-state index in [4.69, 9.17) is 17.0 Å². The van der Waals surface area contributed by atoms with Crippen LogP contribution in [0.3, 0.4) is 0 Å². The molecule has 0 radical (unpaired) electrons. The summed E-state index contributed by atoms with van der Waals surface area (Å²) in [4.78, 5) is 37.1. The van der Waals surface area contributed by atoms with Crippen LogP contribution < -0.4 is 15.0 Å². The molecule has 8 nitrogen and oxygen atoms in total. The van der Waals surface area contributed by atoms with E-state index in [1.165, 1.54) is 36.4 Å². The lowest BCUT2D eigenvalue weighted by Gasteiger charge is -2.29. The quantitative estimate of drug-likeness (QED) is 0.0920. The SMILES string of the molecule is O=C1NC(=S)N(c2ccccc2F)C(=O)/C1=C/c1cc(Br)c(OCc2cccc([N+](=O)[O-])c2)c(I)c1. The second-order valence-electron chi connectivity index (χ2n) is 7.44. The largest absolute Gasteiger partial charge is 0.487 e. The number of halogens is 3. The van der Waals surface area contributed by atoms with E-state index in [0.717, 1.165) is 4.90 Å². The Kier molecular flexibility index (Phi) is 7.76. The minimum Gasteiger partial charge on any atom is -0.487 e. The van der Waals surface area contributed by atoms with Gasteiger partial charge in [-0.3, -0.25) is 25.0 Å². The highest BCUT2D eigenvalue weighted by molar-refractivity contribution is 14.1. The molecule has 1 heterocycles. The molecule has 3 aromatic rings. The number of rotatable bonds is 6. The zero-order chi connectivity index (χ0) is 26.0. The molecule has 1 aliphatic rings. The van der Waals surface area contributed by atoms with Crippen molar-refractivity contribution in [3.63, 3.8) is 0 Å². The van der Waals surface area contributed by atoms with Gasteiger partial charge in [0.25, 0.3) is 17.5 Å². The number of nitro groups is 1. The second-order valence-corrected chi connectivity index (χ2v) is 9.84. The van der Waals surface area contributed by atoms with Gasteiger partial charge in [0.15, 0.2) is 5.11 Å². The molecule has 0 spiro atoms. The maximum atomic E-state index is 14.3. The van der Waals surface area contributed by atoms with Gasteiger partial charge in [-0.05, 0) is 92.2 Å². The van der Waals surface area contributed by atoms with Crippen molar-refractivity contribution in [2.24, 2.45) is 0 Å². The predicted molar refractivity (Wildman–Crippen MR) is 147 cm³/mol. The predicted octanol–water partition coefficient (Wildman–Crippen LogP) is 5.51. The van der Waals surface area contributed by atoms with Crippen LogP contribution in [0.4, 0.5) is 15.8 Å². The Bertz CT molecular complexity index is 1440. The third kappa shape index (κ3) is 5.44. The number of carbonyl (C=O) groups excluding carboxylic acids is 2. The molecule has 12 heteroatoms. The van der Waals surface area contributed by atoms with Gasteiger partial charge in [-0.1, -0.05) is 24.3 Å². The Labute approximate surface area is 231 Å². The third-order valence-corrected chi connectivity index (χ3v) is 6.71. The number of non-ortho nitro benzene ring substituents is 1. The molecule has 182 valence electrons. The highest BCUT2D eigenvalue weighted by Crippen LogP contribution is 2.34. The van der Waals surface area contributed by atoms with Crippen molar-refractivity contribution in [2.75, 3.05) is 4.90 Å². The number of hydrogen-bond donors (Lipinski definition) is 1. The molecule has 3 aromatic carbocycles. The normalized spacial score (nSPS) is 14.7. The molecule has 0 bridgehead atoms. The first-order valence-corrected chi connectivity index (χ1v) is 12.4. The lowest BCUT2D eigenvalue weighted by Crippen LogP contribution is -2.54. The number of amides is 2. The van der Waals surface area contributed by atoms with E-state index in [0.29, 0.717) is 24.9 Å². The Morgan fingerprint density at radius 1 is 1.17 bits per heavy atom. The number of hydrogen-bond acceptors (Lipinski definition) is 6. The average molecular weight is 682 g/mol. The van der Waals surface area contributed by atoms with Crippen LogP contribution in [0.5, 0.6) is 5.75 Å². The zero-order valence-corrected chi connectivity index (χ0v) is 22.6. The fourth-order valence-corrected chi connectivity index (χ4v) is 5.43. The molecule has 0 saturated carbocycles. The van der Waals surface area contributed by atoms with E-state index in [1.54, 1.807) is 30.3 Å². The van der Waals surface area contributed by atoms with E-state index >= 15 is 0 Å². The molecule has 0 aromatic heterocycles. The Morgan fingerprint density at radius 2 is 1.92 bits per heavy atom. The number of para-hydroxylation sites is 1. The number of anilines is 1. The molecule has 1 saturated heterocycles. The summed E-state index contributed by atoms with van der Waals surface area (Å²) in [7, 11) is 0. The first-order valence-electron chi connectivity index (χ1n) is 10.2. The summed E-state index contributed by atoms with van der Waals surface area (Å²) in [5.41, 5.74) is 0.797. The third-order valence-electron chi connectivity index (χ3n) is 5.03. The maximum Gasteiger partial charge on any atom is 0.270 e.